The van der Waals surface area contributed by atoms with Crippen molar-refractivity contribution in [1.29, 1.82) is 0 Å². The minimum atomic E-state index is 0.952. The molecule has 4 rings (SSSR count). The molecule has 25 heavy (non-hydrogen) atoms. The van der Waals surface area contributed by atoms with E-state index < -0.39 is 0 Å². The van der Waals surface area contributed by atoms with E-state index in [-0.39, 0.29) is 0 Å². The Hall–Kier alpha value is -2.80. The third-order valence-electron chi connectivity index (χ3n) is 4.95. The van der Waals surface area contributed by atoms with Crippen LogP contribution in [-0.2, 0) is 0 Å². The van der Waals surface area contributed by atoms with Crippen molar-refractivity contribution in [2.24, 2.45) is 0 Å². The van der Waals surface area contributed by atoms with E-state index in [0.29, 0.717) is 0 Å². The van der Waals surface area contributed by atoms with Gasteiger partial charge in [0.1, 0.15) is 11.5 Å². The molecule has 0 aliphatic heterocycles. The lowest BCUT2D eigenvalue weighted by molar-refractivity contribution is 0.602. The van der Waals surface area contributed by atoms with Crippen LogP contribution >= 0.6 is 0 Å². The highest BCUT2D eigenvalue weighted by Gasteiger charge is 2.17. The highest BCUT2D eigenvalue weighted by Crippen LogP contribution is 2.40. The summed E-state index contributed by atoms with van der Waals surface area (Å²) in [4.78, 5) is 0. The van der Waals surface area contributed by atoms with Crippen LogP contribution in [0.5, 0.6) is 0 Å². The van der Waals surface area contributed by atoms with Gasteiger partial charge in [-0.3, -0.25) is 0 Å². The fourth-order valence-electron chi connectivity index (χ4n) is 3.24. The fourth-order valence-corrected chi connectivity index (χ4v) is 3.24. The van der Waals surface area contributed by atoms with Gasteiger partial charge >= 0.3 is 0 Å². The monoisotopic (exact) mass is 326 g/mol. The molecule has 0 radical (unpaired) electrons. The molecular weight excluding hydrogens is 304 g/mol. The molecule has 124 valence electrons. The number of fused-ring (bicyclic) bond motifs is 1. The maximum absolute atomic E-state index is 6.43. The zero-order chi connectivity index (χ0) is 17.6. The highest BCUT2D eigenvalue weighted by atomic mass is 16.3. The Morgan fingerprint density at radius 3 is 1.24 bits per heavy atom. The molecule has 0 bridgehead atoms. The molecular formula is C24H22O. The first-order chi connectivity index (χ1) is 12.0. The molecule has 0 unspecified atom stereocenters. The van der Waals surface area contributed by atoms with E-state index in [0.717, 1.165) is 22.6 Å². The summed E-state index contributed by atoms with van der Waals surface area (Å²) in [6, 6.07) is 21.6. The molecule has 0 N–H and O–H groups in total. The maximum atomic E-state index is 6.43. The van der Waals surface area contributed by atoms with Crippen molar-refractivity contribution in [3.8, 4) is 22.6 Å². The average Bonchev–Trinajstić information content (AvgIpc) is 2.95. The number of hydrogen-bond donors (Lipinski definition) is 0. The van der Waals surface area contributed by atoms with Crippen molar-refractivity contribution in [2.75, 3.05) is 0 Å². The van der Waals surface area contributed by atoms with E-state index in [1.165, 1.54) is 33.0 Å². The Kier molecular flexibility index (Phi) is 3.73. The molecule has 0 amide bonds. The highest BCUT2D eigenvalue weighted by molar-refractivity contribution is 6.03. The molecule has 1 heterocycles. The van der Waals surface area contributed by atoms with Gasteiger partial charge in [0.2, 0.25) is 0 Å². The van der Waals surface area contributed by atoms with Crippen LogP contribution in [0.3, 0.4) is 0 Å². The van der Waals surface area contributed by atoms with Crippen LogP contribution in [0.2, 0.25) is 0 Å². The molecule has 3 aromatic carbocycles. The van der Waals surface area contributed by atoms with Crippen molar-refractivity contribution < 1.29 is 4.42 Å². The fraction of sp³-hybridized carbons (Fsp3) is 0.167. The molecule has 1 heteroatoms. The molecule has 1 aromatic heterocycles. The van der Waals surface area contributed by atoms with Crippen molar-refractivity contribution in [2.45, 2.75) is 27.7 Å². The Balaban J connectivity index is 2.02. The number of furan rings is 1. The standard InChI is InChI=1S/C24H22O/c1-15-5-9-19(10-6-15)23-21-13-17(3)18(4)14-22(21)24(25-23)20-11-7-16(2)8-12-20/h5-14H,1-4H3. The zero-order valence-electron chi connectivity index (χ0n) is 15.2. The molecule has 0 spiro atoms. The largest absolute Gasteiger partial charge is 0.455 e. The van der Waals surface area contributed by atoms with Gasteiger partial charge in [-0.1, -0.05) is 59.7 Å². The first-order valence-electron chi connectivity index (χ1n) is 8.71. The number of benzene rings is 3. The van der Waals surface area contributed by atoms with Crippen LogP contribution in [0, 0.1) is 27.7 Å². The SMILES string of the molecule is Cc1ccc(-c2oc(-c3ccc(C)cc3)c3cc(C)c(C)cc23)cc1. The second-order valence-electron chi connectivity index (χ2n) is 6.97. The van der Waals surface area contributed by atoms with Crippen molar-refractivity contribution >= 4 is 10.8 Å². The lowest BCUT2D eigenvalue weighted by Crippen LogP contribution is -1.82. The molecule has 0 aliphatic carbocycles. The lowest BCUT2D eigenvalue weighted by atomic mass is 9.99. The molecule has 0 fully saturated rings. The Bertz CT molecular complexity index is 963. The Morgan fingerprint density at radius 2 is 0.880 bits per heavy atom. The molecule has 0 aliphatic rings. The van der Waals surface area contributed by atoms with Crippen LogP contribution < -0.4 is 0 Å². The predicted molar refractivity (Wildman–Crippen MR) is 106 cm³/mol. The topological polar surface area (TPSA) is 13.1 Å². The van der Waals surface area contributed by atoms with Gasteiger partial charge in [-0.2, -0.15) is 0 Å². The number of aryl methyl sites for hydroxylation is 4. The van der Waals surface area contributed by atoms with Gasteiger partial charge in [0, 0.05) is 21.9 Å². The summed E-state index contributed by atoms with van der Waals surface area (Å²) in [5.74, 6) is 1.90. The summed E-state index contributed by atoms with van der Waals surface area (Å²) < 4.78 is 6.43. The van der Waals surface area contributed by atoms with Gasteiger partial charge in [0.05, 0.1) is 0 Å². The van der Waals surface area contributed by atoms with Crippen LogP contribution in [0.1, 0.15) is 22.3 Å². The minimum Gasteiger partial charge on any atom is -0.455 e. The maximum Gasteiger partial charge on any atom is 0.142 e. The predicted octanol–water partition coefficient (Wildman–Crippen LogP) is 7.00. The third kappa shape index (κ3) is 2.76. The summed E-state index contributed by atoms with van der Waals surface area (Å²) in [5, 5.41) is 2.37. The smallest absolute Gasteiger partial charge is 0.142 e. The zero-order valence-corrected chi connectivity index (χ0v) is 15.2. The van der Waals surface area contributed by atoms with E-state index in [4.69, 9.17) is 4.42 Å². The van der Waals surface area contributed by atoms with E-state index in [9.17, 15) is 0 Å². The van der Waals surface area contributed by atoms with Gasteiger partial charge in [-0.05, 0) is 51.0 Å². The van der Waals surface area contributed by atoms with Crippen LogP contribution in [0.4, 0.5) is 0 Å². The molecule has 0 saturated heterocycles. The molecule has 0 atom stereocenters. The van der Waals surface area contributed by atoms with Crippen LogP contribution in [-0.4, -0.2) is 0 Å². The molecule has 1 nitrogen and oxygen atoms in total. The molecule has 4 aromatic rings. The van der Waals surface area contributed by atoms with Gasteiger partial charge in [0.15, 0.2) is 0 Å². The summed E-state index contributed by atoms with van der Waals surface area (Å²) in [6.45, 7) is 8.53. The summed E-state index contributed by atoms with van der Waals surface area (Å²) in [7, 11) is 0. The first kappa shape index (κ1) is 15.7. The molecule has 0 saturated carbocycles. The lowest BCUT2D eigenvalue weighted by Gasteiger charge is -2.02. The Labute approximate surface area is 148 Å². The van der Waals surface area contributed by atoms with Crippen molar-refractivity contribution in [3.05, 3.63) is 82.9 Å². The van der Waals surface area contributed by atoms with E-state index >= 15 is 0 Å². The van der Waals surface area contributed by atoms with E-state index in [1.54, 1.807) is 0 Å². The summed E-state index contributed by atoms with van der Waals surface area (Å²) in [5.41, 5.74) is 7.33. The first-order valence-corrected chi connectivity index (χ1v) is 8.71. The quantitative estimate of drug-likeness (QED) is 0.386. The van der Waals surface area contributed by atoms with E-state index in [1.807, 2.05) is 0 Å². The van der Waals surface area contributed by atoms with E-state index in [2.05, 4.69) is 88.4 Å². The average molecular weight is 326 g/mol. The Morgan fingerprint density at radius 1 is 0.520 bits per heavy atom. The van der Waals surface area contributed by atoms with Crippen molar-refractivity contribution in [3.63, 3.8) is 0 Å². The van der Waals surface area contributed by atoms with Crippen LogP contribution in [0.15, 0.2) is 65.1 Å². The normalized spacial score (nSPS) is 11.2. The van der Waals surface area contributed by atoms with Crippen LogP contribution in [0.25, 0.3) is 33.4 Å². The van der Waals surface area contributed by atoms with Crippen molar-refractivity contribution in [1.82, 2.24) is 0 Å². The summed E-state index contributed by atoms with van der Waals surface area (Å²) >= 11 is 0. The second kappa shape index (κ2) is 5.93. The third-order valence-corrected chi connectivity index (χ3v) is 4.95. The number of rotatable bonds is 2. The van der Waals surface area contributed by atoms with Gasteiger partial charge in [0.25, 0.3) is 0 Å². The van der Waals surface area contributed by atoms with Gasteiger partial charge in [-0.15, -0.1) is 0 Å². The second-order valence-corrected chi connectivity index (χ2v) is 6.97. The summed E-state index contributed by atoms with van der Waals surface area (Å²) in [6.07, 6.45) is 0. The minimum absolute atomic E-state index is 0.952. The van der Waals surface area contributed by atoms with Gasteiger partial charge < -0.3 is 4.42 Å². The van der Waals surface area contributed by atoms with Gasteiger partial charge in [-0.25, -0.2) is 0 Å². The number of hydrogen-bond acceptors (Lipinski definition) is 1.